The van der Waals surface area contributed by atoms with Crippen molar-refractivity contribution in [1.29, 1.82) is 0 Å². The maximum Gasteiger partial charge on any atom is 0.407 e. The van der Waals surface area contributed by atoms with Crippen LogP contribution < -0.4 is 5.32 Å². The third-order valence-corrected chi connectivity index (χ3v) is 4.20. The van der Waals surface area contributed by atoms with Crippen LogP contribution in [0.25, 0.3) is 0 Å². The first kappa shape index (κ1) is 17.7. The number of carbonyl (C=O) groups excluding carboxylic acids is 1. The summed E-state index contributed by atoms with van der Waals surface area (Å²) in [4.78, 5) is 12.0. The molecule has 4 nitrogen and oxygen atoms in total. The molecule has 1 aromatic rings. The number of benzene rings is 1. The van der Waals surface area contributed by atoms with Crippen LogP contribution in [0.4, 0.5) is 9.18 Å². The Morgan fingerprint density at radius 2 is 2.00 bits per heavy atom. The van der Waals surface area contributed by atoms with Crippen molar-refractivity contribution >= 4 is 6.09 Å². The summed E-state index contributed by atoms with van der Waals surface area (Å²) in [6.45, 7) is 8.84. The molecule has 5 heteroatoms. The third kappa shape index (κ3) is 4.67. The van der Waals surface area contributed by atoms with Crippen molar-refractivity contribution in [3.05, 3.63) is 35.1 Å². The fourth-order valence-electron chi connectivity index (χ4n) is 2.81. The molecule has 0 aliphatic carbocycles. The lowest BCUT2D eigenvalue weighted by Gasteiger charge is -2.38. The number of rotatable bonds is 3. The second-order valence-corrected chi connectivity index (χ2v) is 7.21. The molecule has 1 fully saturated rings. The topological polar surface area (TPSA) is 47.6 Å². The van der Waals surface area contributed by atoms with Gasteiger partial charge in [-0.3, -0.25) is 0 Å². The van der Waals surface area contributed by atoms with Crippen LogP contribution in [0.2, 0.25) is 0 Å². The summed E-state index contributed by atoms with van der Waals surface area (Å²) in [5.41, 5.74) is 0.670. The highest BCUT2D eigenvalue weighted by Crippen LogP contribution is 2.35. The number of amides is 1. The summed E-state index contributed by atoms with van der Waals surface area (Å²) < 4.78 is 24.7. The normalized spacial score (nSPS) is 17.6. The van der Waals surface area contributed by atoms with Crippen LogP contribution in [-0.2, 0) is 14.9 Å². The molecule has 23 heavy (non-hydrogen) atoms. The van der Waals surface area contributed by atoms with Crippen LogP contribution in [0.1, 0.15) is 44.7 Å². The molecule has 1 aromatic carbocycles. The second kappa shape index (κ2) is 6.87. The van der Waals surface area contributed by atoms with Gasteiger partial charge >= 0.3 is 6.09 Å². The van der Waals surface area contributed by atoms with Gasteiger partial charge in [0, 0.05) is 25.2 Å². The monoisotopic (exact) mass is 323 g/mol. The summed E-state index contributed by atoms with van der Waals surface area (Å²) in [5.74, 6) is -0.217. The molecule has 0 radical (unpaired) electrons. The number of carbonyl (C=O) groups is 1. The van der Waals surface area contributed by atoms with Crippen molar-refractivity contribution in [1.82, 2.24) is 5.32 Å². The minimum Gasteiger partial charge on any atom is -0.444 e. The van der Waals surface area contributed by atoms with Gasteiger partial charge in [0.2, 0.25) is 0 Å². The molecular weight excluding hydrogens is 297 g/mol. The van der Waals surface area contributed by atoms with Gasteiger partial charge < -0.3 is 14.8 Å². The zero-order valence-corrected chi connectivity index (χ0v) is 14.4. The largest absolute Gasteiger partial charge is 0.444 e. The number of ether oxygens (including phenoxy) is 2. The Balaban J connectivity index is 2.16. The van der Waals surface area contributed by atoms with Gasteiger partial charge in [0.05, 0.1) is 0 Å². The molecule has 1 heterocycles. The van der Waals surface area contributed by atoms with Crippen LogP contribution in [-0.4, -0.2) is 31.5 Å². The van der Waals surface area contributed by atoms with E-state index in [2.05, 4.69) is 5.32 Å². The first-order valence-electron chi connectivity index (χ1n) is 8.03. The molecule has 0 aromatic heterocycles. The minimum atomic E-state index is -0.539. The highest BCUT2D eigenvalue weighted by atomic mass is 19.1. The van der Waals surface area contributed by atoms with Gasteiger partial charge in [0.25, 0.3) is 0 Å². The summed E-state index contributed by atoms with van der Waals surface area (Å²) >= 11 is 0. The Kier molecular flexibility index (Phi) is 5.30. The summed E-state index contributed by atoms with van der Waals surface area (Å²) in [5, 5.41) is 2.84. The lowest BCUT2D eigenvalue weighted by atomic mass is 9.74. The molecule has 0 atom stereocenters. The van der Waals surface area contributed by atoms with Crippen molar-refractivity contribution in [2.45, 2.75) is 51.6 Å². The Hall–Kier alpha value is -1.62. The molecule has 0 saturated carbocycles. The summed E-state index contributed by atoms with van der Waals surface area (Å²) in [6, 6.07) is 5.31. The van der Waals surface area contributed by atoms with Gasteiger partial charge in [-0.1, -0.05) is 12.1 Å². The average molecular weight is 323 g/mol. The van der Waals surface area contributed by atoms with Crippen LogP contribution in [0.3, 0.4) is 0 Å². The maximum absolute atomic E-state index is 14.0. The highest BCUT2D eigenvalue weighted by molar-refractivity contribution is 5.67. The van der Waals surface area contributed by atoms with Gasteiger partial charge in [-0.2, -0.15) is 0 Å². The first-order chi connectivity index (χ1) is 10.7. The Labute approximate surface area is 137 Å². The van der Waals surface area contributed by atoms with Gasteiger partial charge in [-0.15, -0.1) is 0 Å². The molecule has 128 valence electrons. The first-order valence-corrected chi connectivity index (χ1v) is 8.03. The third-order valence-electron chi connectivity index (χ3n) is 4.20. The van der Waals surface area contributed by atoms with Crippen molar-refractivity contribution in [2.24, 2.45) is 0 Å². The van der Waals surface area contributed by atoms with E-state index in [0.29, 0.717) is 25.3 Å². The fourth-order valence-corrected chi connectivity index (χ4v) is 2.81. The Bertz CT molecular complexity index is 560. The molecule has 1 aliphatic heterocycles. The van der Waals surface area contributed by atoms with E-state index in [1.165, 1.54) is 0 Å². The van der Waals surface area contributed by atoms with E-state index in [1.54, 1.807) is 19.1 Å². The highest BCUT2D eigenvalue weighted by Gasteiger charge is 2.35. The Morgan fingerprint density at radius 1 is 1.35 bits per heavy atom. The van der Waals surface area contributed by atoms with Crippen molar-refractivity contribution in [3.8, 4) is 0 Å². The molecule has 0 unspecified atom stereocenters. The van der Waals surface area contributed by atoms with E-state index < -0.39 is 11.7 Å². The van der Waals surface area contributed by atoms with E-state index in [0.717, 1.165) is 18.4 Å². The predicted octanol–water partition coefficient (Wildman–Crippen LogP) is 3.71. The van der Waals surface area contributed by atoms with Gasteiger partial charge in [0.1, 0.15) is 11.4 Å². The predicted molar refractivity (Wildman–Crippen MR) is 87.1 cm³/mol. The lowest BCUT2D eigenvalue weighted by molar-refractivity contribution is 0.0372. The number of alkyl carbamates (subject to hydrolysis) is 1. The number of aryl methyl sites for hydroxylation is 1. The fraction of sp³-hybridized carbons (Fsp3) is 0.611. The SMILES string of the molecule is Cc1ccc(C2(CNC(=O)OC(C)(C)C)CCOCC2)cc1F. The summed E-state index contributed by atoms with van der Waals surface area (Å²) in [6.07, 6.45) is 1.03. The number of nitrogens with one attached hydrogen (secondary N) is 1. The van der Waals surface area contributed by atoms with Gasteiger partial charge in [-0.05, 0) is 57.7 Å². The molecule has 1 amide bonds. The zero-order chi connectivity index (χ0) is 17.1. The molecular formula is C18H26FNO3. The van der Waals surface area contributed by atoms with E-state index in [4.69, 9.17) is 9.47 Å². The van der Waals surface area contributed by atoms with Crippen LogP contribution >= 0.6 is 0 Å². The number of hydrogen-bond acceptors (Lipinski definition) is 3. The van der Waals surface area contributed by atoms with Crippen molar-refractivity contribution in [3.63, 3.8) is 0 Å². The summed E-state index contributed by atoms with van der Waals surface area (Å²) in [7, 11) is 0. The zero-order valence-electron chi connectivity index (χ0n) is 14.4. The van der Waals surface area contributed by atoms with E-state index in [1.807, 2.05) is 26.8 Å². The van der Waals surface area contributed by atoms with Gasteiger partial charge in [0.15, 0.2) is 0 Å². The Morgan fingerprint density at radius 3 is 2.57 bits per heavy atom. The number of hydrogen-bond donors (Lipinski definition) is 1. The van der Waals surface area contributed by atoms with E-state index in [-0.39, 0.29) is 11.2 Å². The van der Waals surface area contributed by atoms with Crippen molar-refractivity contribution in [2.75, 3.05) is 19.8 Å². The van der Waals surface area contributed by atoms with E-state index in [9.17, 15) is 9.18 Å². The smallest absolute Gasteiger partial charge is 0.407 e. The molecule has 0 bridgehead atoms. The maximum atomic E-state index is 14.0. The van der Waals surface area contributed by atoms with Crippen LogP contribution in [0.15, 0.2) is 18.2 Å². The number of halogens is 1. The molecule has 0 spiro atoms. The van der Waals surface area contributed by atoms with E-state index >= 15 is 0 Å². The quantitative estimate of drug-likeness (QED) is 0.922. The van der Waals surface area contributed by atoms with Crippen LogP contribution in [0.5, 0.6) is 0 Å². The van der Waals surface area contributed by atoms with Crippen LogP contribution in [0, 0.1) is 12.7 Å². The standard InChI is InChI=1S/C18H26FNO3/c1-13-5-6-14(11-15(13)19)18(7-9-22-10-8-18)12-20-16(21)23-17(2,3)4/h5-6,11H,7-10,12H2,1-4H3,(H,20,21). The average Bonchev–Trinajstić information content (AvgIpc) is 2.47. The minimum absolute atomic E-state index is 0.217. The molecule has 1 saturated heterocycles. The molecule has 1 aliphatic rings. The van der Waals surface area contributed by atoms with Gasteiger partial charge in [-0.25, -0.2) is 9.18 Å². The lowest BCUT2D eigenvalue weighted by Crippen LogP contribution is -2.45. The second-order valence-electron chi connectivity index (χ2n) is 7.21. The van der Waals surface area contributed by atoms with Crippen molar-refractivity contribution < 1.29 is 18.7 Å². The molecule has 2 rings (SSSR count). The molecule has 1 N–H and O–H groups in total.